The van der Waals surface area contributed by atoms with Crippen molar-refractivity contribution in [3.63, 3.8) is 0 Å². The van der Waals surface area contributed by atoms with E-state index >= 15 is 0 Å². The van der Waals surface area contributed by atoms with E-state index in [0.717, 1.165) is 44.5 Å². The number of hydrogen-bond donors (Lipinski definition) is 3. The molecule has 0 bridgehead atoms. The lowest BCUT2D eigenvalue weighted by Gasteiger charge is -2.40. The molecule has 1 aromatic carbocycles. The van der Waals surface area contributed by atoms with Crippen LogP contribution in [0.3, 0.4) is 0 Å². The Morgan fingerprint density at radius 2 is 2.17 bits per heavy atom. The molecule has 3 aliphatic rings. The topological polar surface area (TPSA) is 111 Å². The fraction of sp³-hybridized carbons (Fsp3) is 0.440. The number of hydrogen-bond acceptors (Lipinski definition) is 9. The minimum absolute atomic E-state index is 0.0100. The molecule has 1 aromatic heterocycles. The van der Waals surface area contributed by atoms with Gasteiger partial charge in [-0.25, -0.2) is 20.3 Å². The third-order valence-electron chi connectivity index (χ3n) is 7.18. The number of cyclic esters (lactones) is 1. The van der Waals surface area contributed by atoms with Crippen molar-refractivity contribution in [3.05, 3.63) is 58.3 Å². The van der Waals surface area contributed by atoms with Crippen molar-refractivity contribution in [1.82, 2.24) is 26.3 Å². The first kappa shape index (κ1) is 23.3. The Morgan fingerprint density at radius 1 is 1.29 bits per heavy atom. The molecular formula is C25H31N7O3. The number of ether oxygens (including phenoxy) is 1. The number of hydrazine groups is 2. The highest BCUT2D eigenvalue weighted by Gasteiger charge is 2.32. The van der Waals surface area contributed by atoms with Gasteiger partial charge in [-0.05, 0) is 67.5 Å². The second kappa shape index (κ2) is 9.63. The minimum Gasteiger partial charge on any atom is -0.457 e. The average molecular weight is 478 g/mol. The van der Waals surface area contributed by atoms with Gasteiger partial charge in [-0.2, -0.15) is 5.10 Å². The lowest BCUT2D eigenvalue weighted by atomic mass is 9.81. The predicted molar refractivity (Wildman–Crippen MR) is 132 cm³/mol. The summed E-state index contributed by atoms with van der Waals surface area (Å²) in [5.74, 6) is 0.308. The molecule has 2 aromatic rings. The molecule has 3 N–H and O–H groups in total. The fourth-order valence-electron chi connectivity index (χ4n) is 5.08. The van der Waals surface area contributed by atoms with Crippen molar-refractivity contribution < 1.29 is 14.3 Å². The van der Waals surface area contributed by atoms with Crippen LogP contribution in [0.5, 0.6) is 0 Å². The summed E-state index contributed by atoms with van der Waals surface area (Å²) in [5.41, 5.74) is 10.1. The number of nitrogens with one attached hydrogen (secondary N) is 3. The second-order valence-corrected chi connectivity index (χ2v) is 9.82. The van der Waals surface area contributed by atoms with Gasteiger partial charge in [0.25, 0.3) is 5.91 Å². The number of nitrogens with zero attached hydrogens (tertiary/aromatic N) is 4. The van der Waals surface area contributed by atoms with Gasteiger partial charge in [0.1, 0.15) is 18.8 Å². The largest absolute Gasteiger partial charge is 0.457 e. The first-order valence-electron chi connectivity index (χ1n) is 12.0. The number of rotatable bonds is 7. The molecule has 4 heterocycles. The first-order chi connectivity index (χ1) is 16.9. The van der Waals surface area contributed by atoms with Crippen LogP contribution in [0.25, 0.3) is 0 Å². The number of carbonyl (C=O) groups excluding carboxylic acids is 2. The lowest BCUT2D eigenvalue weighted by molar-refractivity contribution is 0.0534. The molecule has 0 aliphatic carbocycles. The van der Waals surface area contributed by atoms with Gasteiger partial charge in [0.2, 0.25) is 0 Å². The Balaban J connectivity index is 1.14. The molecule has 1 fully saturated rings. The highest BCUT2D eigenvalue weighted by Crippen LogP contribution is 2.30. The summed E-state index contributed by atoms with van der Waals surface area (Å²) in [4.78, 5) is 31.4. The summed E-state index contributed by atoms with van der Waals surface area (Å²) in [7, 11) is 0. The monoisotopic (exact) mass is 477 g/mol. The number of benzene rings is 1. The molecular weight excluding hydrogens is 446 g/mol. The van der Waals surface area contributed by atoms with Crippen molar-refractivity contribution in [2.24, 2.45) is 10.5 Å². The Bertz CT molecular complexity index is 1150. The van der Waals surface area contributed by atoms with Gasteiger partial charge in [0, 0.05) is 31.4 Å². The summed E-state index contributed by atoms with van der Waals surface area (Å²) >= 11 is 0. The number of hydrazone groups is 1. The summed E-state index contributed by atoms with van der Waals surface area (Å²) in [5, 5.41) is 8.58. The van der Waals surface area contributed by atoms with Gasteiger partial charge in [0.05, 0.1) is 11.1 Å². The molecule has 0 spiro atoms. The summed E-state index contributed by atoms with van der Waals surface area (Å²) in [6.07, 6.45) is 6.25. The molecule has 10 nitrogen and oxygen atoms in total. The zero-order valence-corrected chi connectivity index (χ0v) is 20.1. The van der Waals surface area contributed by atoms with Gasteiger partial charge >= 0.3 is 5.97 Å². The van der Waals surface area contributed by atoms with Crippen LogP contribution in [0.15, 0.2) is 35.6 Å². The standard InChI is InChI=1S/C25H31N7O3/c1-17-18(4-6-20-21(17)13-35-24(20)34)8-11-31-10-3-9-25(2,15-31)14-27-23(33)19-5-7-22(26-12-19)32-16-28-29-30-32/h4-7,12,16,29-30H,3,8-11,13-15H2,1-2H3,(H,27,33). The number of aromatic nitrogens is 1. The van der Waals surface area contributed by atoms with Crippen LogP contribution >= 0.6 is 0 Å². The van der Waals surface area contributed by atoms with Crippen molar-refractivity contribution >= 4 is 24.0 Å². The predicted octanol–water partition coefficient (Wildman–Crippen LogP) is 1.91. The third-order valence-corrected chi connectivity index (χ3v) is 7.18. The first-order valence-corrected chi connectivity index (χ1v) is 12.0. The van der Waals surface area contributed by atoms with E-state index in [1.165, 1.54) is 11.1 Å². The van der Waals surface area contributed by atoms with Crippen molar-refractivity contribution in [1.29, 1.82) is 0 Å². The van der Waals surface area contributed by atoms with E-state index < -0.39 is 0 Å². The number of fused-ring (bicyclic) bond motifs is 1. The molecule has 10 heteroatoms. The average Bonchev–Trinajstić information content (AvgIpc) is 3.53. The van der Waals surface area contributed by atoms with Crippen LogP contribution in [0.4, 0.5) is 5.82 Å². The molecule has 1 saturated heterocycles. The normalized spacial score (nSPS) is 21.5. The lowest BCUT2D eigenvalue weighted by Crippen LogP contribution is -2.48. The number of pyridine rings is 1. The van der Waals surface area contributed by atoms with Crippen molar-refractivity contribution in [2.45, 2.75) is 39.7 Å². The van der Waals surface area contributed by atoms with Gasteiger partial charge < -0.3 is 15.0 Å². The van der Waals surface area contributed by atoms with Crippen molar-refractivity contribution in [3.8, 4) is 0 Å². The van der Waals surface area contributed by atoms with Crippen LogP contribution in [0, 0.1) is 12.3 Å². The Morgan fingerprint density at radius 3 is 2.94 bits per heavy atom. The highest BCUT2D eigenvalue weighted by molar-refractivity contribution is 5.94. The smallest absolute Gasteiger partial charge is 0.338 e. The van der Waals surface area contributed by atoms with Crippen LogP contribution in [0.2, 0.25) is 0 Å². The summed E-state index contributed by atoms with van der Waals surface area (Å²) in [6, 6.07) is 7.50. The van der Waals surface area contributed by atoms with E-state index in [0.29, 0.717) is 30.1 Å². The molecule has 1 unspecified atom stereocenters. The van der Waals surface area contributed by atoms with Gasteiger partial charge in [-0.15, -0.1) is 5.53 Å². The second-order valence-electron chi connectivity index (χ2n) is 9.82. The SMILES string of the molecule is Cc1c(CCN2CCCC(C)(CNC(=O)c3ccc(N4C=NNN4)nc3)C2)ccc2c1COC2=O. The van der Waals surface area contributed by atoms with Crippen molar-refractivity contribution in [2.75, 3.05) is 31.2 Å². The quantitative estimate of drug-likeness (QED) is 0.519. The van der Waals surface area contributed by atoms with E-state index in [4.69, 9.17) is 4.74 Å². The molecule has 0 saturated carbocycles. The molecule has 5 rings (SSSR count). The molecule has 1 amide bonds. The summed E-state index contributed by atoms with van der Waals surface area (Å²) in [6.45, 7) is 8.27. The number of piperidine rings is 1. The number of anilines is 1. The number of esters is 1. The maximum atomic E-state index is 12.7. The molecule has 0 radical (unpaired) electrons. The van der Waals surface area contributed by atoms with Gasteiger partial charge in [0.15, 0.2) is 0 Å². The zero-order chi connectivity index (χ0) is 24.4. The van der Waals surface area contributed by atoms with E-state index in [1.54, 1.807) is 29.7 Å². The van der Waals surface area contributed by atoms with Gasteiger partial charge in [-0.1, -0.05) is 13.0 Å². The minimum atomic E-state index is -0.217. The molecule has 184 valence electrons. The van der Waals surface area contributed by atoms with Crippen LogP contribution in [-0.4, -0.2) is 54.3 Å². The van der Waals surface area contributed by atoms with E-state index in [9.17, 15) is 9.59 Å². The Hall–Kier alpha value is -3.50. The van der Waals surface area contributed by atoms with Gasteiger partial charge in [-0.3, -0.25) is 4.79 Å². The number of carbonyl (C=O) groups is 2. The van der Waals surface area contributed by atoms with E-state index in [-0.39, 0.29) is 17.3 Å². The zero-order valence-electron chi connectivity index (χ0n) is 20.1. The van der Waals surface area contributed by atoms with E-state index in [2.05, 4.69) is 51.3 Å². The molecule has 1 atom stereocenters. The third kappa shape index (κ3) is 4.98. The fourth-order valence-corrected chi connectivity index (χ4v) is 5.08. The Kier molecular flexibility index (Phi) is 6.40. The summed E-state index contributed by atoms with van der Waals surface area (Å²) < 4.78 is 5.19. The molecule has 3 aliphatic heterocycles. The van der Waals surface area contributed by atoms with Crippen LogP contribution in [-0.2, 0) is 17.8 Å². The number of likely N-dealkylation sites (tertiary alicyclic amines) is 1. The molecule has 35 heavy (non-hydrogen) atoms. The highest BCUT2D eigenvalue weighted by atomic mass is 16.5. The number of amides is 1. The maximum absolute atomic E-state index is 12.7. The van der Waals surface area contributed by atoms with Crippen LogP contribution in [0.1, 0.15) is 57.2 Å². The van der Waals surface area contributed by atoms with Crippen LogP contribution < -0.4 is 21.4 Å². The van der Waals surface area contributed by atoms with E-state index in [1.807, 2.05) is 6.07 Å². The maximum Gasteiger partial charge on any atom is 0.338 e. The Labute approximate surface area is 204 Å².